The average molecular weight is 454 g/mol. The molecule has 0 bridgehead atoms. The minimum Gasteiger partial charge on any atom is -0.487 e. The fourth-order valence-electron chi connectivity index (χ4n) is 3.09. The van der Waals surface area contributed by atoms with E-state index >= 15 is 0 Å². The highest BCUT2D eigenvalue weighted by molar-refractivity contribution is 6.00. The van der Waals surface area contributed by atoms with E-state index in [4.69, 9.17) is 4.74 Å². The molecular formula is C23H17F3N4O3. The predicted molar refractivity (Wildman–Crippen MR) is 116 cm³/mol. The molecule has 0 saturated heterocycles. The fourth-order valence-corrected chi connectivity index (χ4v) is 3.09. The van der Waals surface area contributed by atoms with Gasteiger partial charge in [-0.25, -0.2) is 9.78 Å². The SMILES string of the molecule is O=C(Nc1ccc(OCc2cc(=O)n3ccccc3n2)cc1)Nc1ccccc1C(F)(F)F. The van der Waals surface area contributed by atoms with Crippen molar-refractivity contribution in [2.24, 2.45) is 0 Å². The van der Waals surface area contributed by atoms with Crippen molar-refractivity contribution in [1.82, 2.24) is 9.38 Å². The van der Waals surface area contributed by atoms with Crippen LogP contribution in [0.2, 0.25) is 0 Å². The van der Waals surface area contributed by atoms with Gasteiger partial charge in [-0.3, -0.25) is 9.20 Å². The average Bonchev–Trinajstić information content (AvgIpc) is 2.78. The smallest absolute Gasteiger partial charge is 0.418 e. The van der Waals surface area contributed by atoms with Gasteiger partial charge in [0.05, 0.1) is 16.9 Å². The van der Waals surface area contributed by atoms with Gasteiger partial charge in [0.15, 0.2) is 0 Å². The van der Waals surface area contributed by atoms with Gasteiger partial charge < -0.3 is 15.4 Å². The molecule has 0 atom stereocenters. The lowest BCUT2D eigenvalue weighted by Gasteiger charge is -2.14. The fraction of sp³-hybridized carbons (Fsp3) is 0.0870. The molecule has 7 nitrogen and oxygen atoms in total. The second kappa shape index (κ2) is 9.03. The summed E-state index contributed by atoms with van der Waals surface area (Å²) in [7, 11) is 0. The Labute approximate surface area is 185 Å². The van der Waals surface area contributed by atoms with Gasteiger partial charge in [0.25, 0.3) is 5.56 Å². The van der Waals surface area contributed by atoms with E-state index in [9.17, 15) is 22.8 Å². The summed E-state index contributed by atoms with van der Waals surface area (Å²) >= 11 is 0. The zero-order valence-corrected chi connectivity index (χ0v) is 17.0. The van der Waals surface area contributed by atoms with Crippen molar-refractivity contribution in [3.05, 3.63) is 101 Å². The van der Waals surface area contributed by atoms with Gasteiger partial charge >= 0.3 is 12.2 Å². The first-order valence-electron chi connectivity index (χ1n) is 9.74. The van der Waals surface area contributed by atoms with Crippen molar-refractivity contribution >= 4 is 23.1 Å². The van der Waals surface area contributed by atoms with Gasteiger partial charge in [0.1, 0.15) is 18.0 Å². The number of hydrogen-bond acceptors (Lipinski definition) is 4. The molecule has 0 radical (unpaired) electrons. The molecule has 0 unspecified atom stereocenters. The standard InChI is InChI=1S/C23H17F3N4O3/c24-23(25,26)18-5-1-2-6-19(18)29-22(32)28-15-8-10-17(11-9-15)33-14-16-13-21(31)30-12-4-3-7-20(30)27-16/h1-13H,14H2,(H2,28,29,32). The second-order valence-electron chi connectivity index (χ2n) is 6.95. The van der Waals surface area contributed by atoms with Gasteiger partial charge in [-0.15, -0.1) is 0 Å². The van der Waals surface area contributed by atoms with Crippen molar-refractivity contribution in [2.45, 2.75) is 12.8 Å². The van der Waals surface area contributed by atoms with Crippen LogP contribution in [0.3, 0.4) is 0 Å². The minimum atomic E-state index is -4.59. The number of urea groups is 1. The molecule has 0 aliphatic carbocycles. The Balaban J connectivity index is 1.37. The number of aromatic nitrogens is 2. The van der Waals surface area contributed by atoms with E-state index in [1.54, 1.807) is 36.5 Å². The van der Waals surface area contributed by atoms with Crippen LogP contribution >= 0.6 is 0 Å². The Hall–Kier alpha value is -4.34. The van der Waals surface area contributed by atoms with E-state index in [2.05, 4.69) is 15.6 Å². The third kappa shape index (κ3) is 5.29. The molecule has 4 rings (SSSR count). The summed E-state index contributed by atoms with van der Waals surface area (Å²) in [5.41, 5.74) is -0.201. The molecule has 0 aliphatic rings. The molecule has 2 aromatic heterocycles. The first-order valence-corrected chi connectivity index (χ1v) is 9.74. The number of carbonyl (C=O) groups excluding carboxylic acids is 1. The Morgan fingerprint density at radius 1 is 0.970 bits per heavy atom. The Morgan fingerprint density at radius 2 is 1.70 bits per heavy atom. The maximum absolute atomic E-state index is 13.1. The molecule has 0 fully saturated rings. The monoisotopic (exact) mass is 454 g/mol. The summed E-state index contributed by atoms with van der Waals surface area (Å²) in [6.07, 6.45) is -2.97. The number of pyridine rings is 1. The largest absolute Gasteiger partial charge is 0.487 e. The number of anilines is 2. The number of alkyl halides is 3. The molecule has 2 aromatic carbocycles. The summed E-state index contributed by atoms with van der Waals surface area (Å²) in [5.74, 6) is 0.457. The molecule has 10 heteroatoms. The number of hydrogen-bond donors (Lipinski definition) is 2. The maximum Gasteiger partial charge on any atom is 0.418 e. The van der Waals surface area contributed by atoms with Crippen LogP contribution in [0, 0.1) is 0 Å². The normalized spacial score (nSPS) is 11.2. The van der Waals surface area contributed by atoms with Crippen LogP contribution in [-0.2, 0) is 12.8 Å². The van der Waals surface area contributed by atoms with Crippen molar-refractivity contribution in [3.8, 4) is 5.75 Å². The number of amides is 2. The molecular weight excluding hydrogens is 437 g/mol. The summed E-state index contributed by atoms with van der Waals surface area (Å²) in [5, 5.41) is 4.67. The highest BCUT2D eigenvalue weighted by Gasteiger charge is 2.33. The zero-order chi connectivity index (χ0) is 23.4. The molecule has 0 aliphatic heterocycles. The topological polar surface area (TPSA) is 84.7 Å². The lowest BCUT2D eigenvalue weighted by molar-refractivity contribution is -0.136. The number of nitrogens with zero attached hydrogens (tertiary/aromatic N) is 2. The van der Waals surface area contributed by atoms with E-state index in [0.29, 0.717) is 22.8 Å². The number of nitrogens with one attached hydrogen (secondary N) is 2. The van der Waals surface area contributed by atoms with Crippen LogP contribution < -0.4 is 20.9 Å². The molecule has 2 heterocycles. The Bertz CT molecular complexity index is 1350. The van der Waals surface area contributed by atoms with Gasteiger partial charge in [-0.1, -0.05) is 18.2 Å². The molecule has 4 aromatic rings. The minimum absolute atomic E-state index is 0.0577. The van der Waals surface area contributed by atoms with Crippen LogP contribution in [0.4, 0.5) is 29.3 Å². The van der Waals surface area contributed by atoms with Crippen molar-refractivity contribution in [3.63, 3.8) is 0 Å². The highest BCUT2D eigenvalue weighted by Crippen LogP contribution is 2.34. The third-order valence-electron chi connectivity index (χ3n) is 4.60. The molecule has 2 N–H and O–H groups in total. The number of para-hydroxylation sites is 1. The quantitative estimate of drug-likeness (QED) is 0.448. The van der Waals surface area contributed by atoms with Crippen LogP contribution in [-0.4, -0.2) is 15.4 Å². The number of fused-ring (bicyclic) bond motifs is 1. The molecule has 33 heavy (non-hydrogen) atoms. The summed E-state index contributed by atoms with van der Waals surface area (Å²) in [6.45, 7) is 0.0577. The van der Waals surface area contributed by atoms with Crippen LogP contribution in [0.25, 0.3) is 5.65 Å². The van der Waals surface area contributed by atoms with Crippen LogP contribution in [0.5, 0.6) is 5.75 Å². The Kier molecular flexibility index (Phi) is 5.99. The second-order valence-corrected chi connectivity index (χ2v) is 6.95. The third-order valence-corrected chi connectivity index (χ3v) is 4.60. The maximum atomic E-state index is 13.1. The van der Waals surface area contributed by atoms with Gasteiger partial charge in [-0.2, -0.15) is 13.2 Å². The molecule has 0 spiro atoms. The van der Waals surface area contributed by atoms with Crippen molar-refractivity contribution in [1.29, 1.82) is 0 Å². The van der Waals surface area contributed by atoms with Crippen molar-refractivity contribution in [2.75, 3.05) is 10.6 Å². The van der Waals surface area contributed by atoms with E-state index in [1.165, 1.54) is 40.8 Å². The Morgan fingerprint density at radius 3 is 2.45 bits per heavy atom. The first-order chi connectivity index (χ1) is 15.8. The number of benzene rings is 2. The lowest BCUT2D eigenvalue weighted by atomic mass is 10.1. The summed E-state index contributed by atoms with van der Waals surface area (Å²) in [6, 6.07) is 16.7. The van der Waals surface area contributed by atoms with Gasteiger partial charge in [0, 0.05) is 18.0 Å². The highest BCUT2D eigenvalue weighted by atomic mass is 19.4. The predicted octanol–water partition coefficient (Wildman–Crippen LogP) is 4.94. The lowest BCUT2D eigenvalue weighted by Crippen LogP contribution is -2.21. The number of carbonyl (C=O) groups is 1. The summed E-state index contributed by atoms with van der Waals surface area (Å²) in [4.78, 5) is 28.6. The van der Waals surface area contributed by atoms with Gasteiger partial charge in [-0.05, 0) is 48.5 Å². The number of rotatable bonds is 5. The number of ether oxygens (including phenoxy) is 1. The molecule has 0 saturated carbocycles. The van der Waals surface area contributed by atoms with E-state index in [1.807, 2.05) is 0 Å². The van der Waals surface area contributed by atoms with Gasteiger partial charge in [0.2, 0.25) is 0 Å². The molecule has 168 valence electrons. The van der Waals surface area contributed by atoms with Crippen LogP contribution in [0.1, 0.15) is 11.3 Å². The van der Waals surface area contributed by atoms with Crippen LogP contribution in [0.15, 0.2) is 83.8 Å². The van der Waals surface area contributed by atoms with E-state index in [-0.39, 0.29) is 17.9 Å². The first kappa shape index (κ1) is 21.9. The zero-order valence-electron chi connectivity index (χ0n) is 17.0. The van der Waals surface area contributed by atoms with Crippen molar-refractivity contribution < 1.29 is 22.7 Å². The summed E-state index contributed by atoms with van der Waals surface area (Å²) < 4.78 is 46.2. The van der Waals surface area contributed by atoms with E-state index < -0.39 is 17.8 Å². The molecule has 2 amide bonds. The van der Waals surface area contributed by atoms with E-state index in [0.717, 1.165) is 6.07 Å². The number of halogens is 3.